The Balaban J connectivity index is 0.00000180. The highest BCUT2D eigenvalue weighted by Gasteiger charge is 2.21. The van der Waals surface area contributed by atoms with Crippen molar-refractivity contribution < 1.29 is 18.0 Å². The van der Waals surface area contributed by atoms with Crippen molar-refractivity contribution in [3.63, 3.8) is 0 Å². The van der Waals surface area contributed by atoms with Gasteiger partial charge in [0.25, 0.3) is 5.91 Å². The quantitative estimate of drug-likeness (QED) is 0.819. The third-order valence-corrected chi connectivity index (χ3v) is 2.91. The van der Waals surface area contributed by atoms with Crippen molar-refractivity contribution in [3.05, 3.63) is 35.1 Å². The number of piperidine rings is 1. The van der Waals surface area contributed by atoms with Gasteiger partial charge in [0.15, 0.2) is 17.5 Å². The van der Waals surface area contributed by atoms with Gasteiger partial charge < -0.3 is 10.6 Å². The Morgan fingerprint density at radius 2 is 2.00 bits per heavy atom. The van der Waals surface area contributed by atoms with Gasteiger partial charge in [0.2, 0.25) is 0 Å². The predicted octanol–water partition coefficient (Wildman–Crippen LogP) is 2.01. The van der Waals surface area contributed by atoms with Crippen LogP contribution < -0.4 is 10.6 Å². The summed E-state index contributed by atoms with van der Waals surface area (Å²) in [6.07, 6.45) is 1.69. The van der Waals surface area contributed by atoms with Crippen molar-refractivity contribution >= 4 is 18.3 Å². The molecule has 0 radical (unpaired) electrons. The number of amides is 1. The SMILES string of the molecule is Cl.O=C(N[C@H]1CCCNC1)c1ccc(F)c(F)c1F. The lowest BCUT2D eigenvalue weighted by atomic mass is 10.1. The van der Waals surface area contributed by atoms with Crippen LogP contribution in [0.25, 0.3) is 0 Å². The smallest absolute Gasteiger partial charge is 0.254 e. The Kier molecular flexibility index (Phi) is 5.62. The summed E-state index contributed by atoms with van der Waals surface area (Å²) in [6.45, 7) is 1.48. The summed E-state index contributed by atoms with van der Waals surface area (Å²) in [5.41, 5.74) is -0.473. The van der Waals surface area contributed by atoms with Crippen LogP contribution >= 0.6 is 12.4 Å². The summed E-state index contributed by atoms with van der Waals surface area (Å²) in [5, 5.41) is 5.68. The van der Waals surface area contributed by atoms with Crippen LogP contribution in [0.4, 0.5) is 13.2 Å². The van der Waals surface area contributed by atoms with Crippen LogP contribution in [0.3, 0.4) is 0 Å². The number of carbonyl (C=O) groups is 1. The van der Waals surface area contributed by atoms with Crippen LogP contribution in [0.5, 0.6) is 0 Å². The van der Waals surface area contributed by atoms with Gasteiger partial charge in [-0.15, -0.1) is 12.4 Å². The molecule has 106 valence electrons. The molecule has 0 bridgehead atoms. The molecule has 0 saturated carbocycles. The predicted molar refractivity (Wildman–Crippen MR) is 66.9 cm³/mol. The van der Waals surface area contributed by atoms with Crippen molar-refractivity contribution in [2.75, 3.05) is 13.1 Å². The average molecular weight is 295 g/mol. The van der Waals surface area contributed by atoms with Gasteiger partial charge in [0.05, 0.1) is 5.56 Å². The largest absolute Gasteiger partial charge is 0.348 e. The molecule has 1 saturated heterocycles. The summed E-state index contributed by atoms with van der Waals surface area (Å²) >= 11 is 0. The summed E-state index contributed by atoms with van der Waals surface area (Å²) < 4.78 is 39.1. The second kappa shape index (κ2) is 6.77. The molecule has 7 heteroatoms. The first-order chi connectivity index (χ1) is 8.59. The van der Waals surface area contributed by atoms with E-state index in [1.165, 1.54) is 0 Å². The number of benzene rings is 1. The lowest BCUT2D eigenvalue weighted by molar-refractivity contribution is 0.0925. The van der Waals surface area contributed by atoms with E-state index in [9.17, 15) is 18.0 Å². The fraction of sp³-hybridized carbons (Fsp3) is 0.417. The molecule has 2 rings (SSSR count). The molecule has 2 N–H and O–H groups in total. The van der Waals surface area contributed by atoms with Crippen LogP contribution in [0.15, 0.2) is 12.1 Å². The molecule has 0 spiro atoms. The summed E-state index contributed by atoms with van der Waals surface area (Å²) in [5.74, 6) is -5.09. The molecule has 1 aliphatic rings. The molecule has 1 aromatic rings. The van der Waals surface area contributed by atoms with E-state index in [-0.39, 0.29) is 18.4 Å². The first-order valence-corrected chi connectivity index (χ1v) is 5.74. The molecule has 3 nitrogen and oxygen atoms in total. The normalized spacial score (nSPS) is 18.6. The minimum atomic E-state index is -1.62. The number of nitrogens with one attached hydrogen (secondary N) is 2. The molecule has 0 aliphatic carbocycles. The Morgan fingerprint density at radius 1 is 1.26 bits per heavy atom. The lowest BCUT2D eigenvalue weighted by Crippen LogP contribution is -2.45. The summed E-state index contributed by atoms with van der Waals surface area (Å²) in [4.78, 5) is 11.7. The van der Waals surface area contributed by atoms with Crippen LogP contribution in [-0.2, 0) is 0 Å². The van der Waals surface area contributed by atoms with E-state index in [0.29, 0.717) is 6.54 Å². The Morgan fingerprint density at radius 3 is 2.63 bits per heavy atom. The third kappa shape index (κ3) is 3.61. The lowest BCUT2D eigenvalue weighted by Gasteiger charge is -2.23. The van der Waals surface area contributed by atoms with E-state index >= 15 is 0 Å². The van der Waals surface area contributed by atoms with Gasteiger partial charge >= 0.3 is 0 Å². The van der Waals surface area contributed by atoms with Gasteiger partial charge in [0, 0.05) is 12.6 Å². The number of carbonyl (C=O) groups excluding carboxylic acids is 1. The highest BCUT2D eigenvalue weighted by molar-refractivity contribution is 5.94. The molecule has 1 aliphatic heterocycles. The van der Waals surface area contributed by atoms with E-state index in [1.807, 2.05) is 0 Å². The van der Waals surface area contributed by atoms with Crippen LogP contribution in [-0.4, -0.2) is 25.0 Å². The summed E-state index contributed by atoms with van der Waals surface area (Å²) in [7, 11) is 0. The Labute approximate surface area is 115 Å². The molecular formula is C12H14ClF3N2O. The number of rotatable bonds is 2. The second-order valence-electron chi connectivity index (χ2n) is 4.24. The van der Waals surface area contributed by atoms with E-state index in [2.05, 4.69) is 10.6 Å². The molecule has 0 aromatic heterocycles. The number of hydrogen-bond acceptors (Lipinski definition) is 2. The number of hydrogen-bond donors (Lipinski definition) is 2. The van der Waals surface area contributed by atoms with Crippen molar-refractivity contribution in [3.8, 4) is 0 Å². The fourth-order valence-corrected chi connectivity index (χ4v) is 1.94. The van der Waals surface area contributed by atoms with Gasteiger partial charge in [0.1, 0.15) is 0 Å². The highest BCUT2D eigenvalue weighted by Crippen LogP contribution is 2.15. The first kappa shape index (κ1) is 15.8. The average Bonchev–Trinajstić information content (AvgIpc) is 2.37. The van der Waals surface area contributed by atoms with Gasteiger partial charge in [-0.05, 0) is 31.5 Å². The molecule has 1 aromatic carbocycles. The second-order valence-corrected chi connectivity index (χ2v) is 4.24. The van der Waals surface area contributed by atoms with Crippen molar-refractivity contribution in [1.29, 1.82) is 0 Å². The van der Waals surface area contributed by atoms with E-state index in [1.54, 1.807) is 0 Å². The third-order valence-electron chi connectivity index (χ3n) is 2.91. The minimum absolute atomic E-state index is 0. The van der Waals surface area contributed by atoms with Gasteiger partial charge in [-0.2, -0.15) is 0 Å². The summed E-state index contributed by atoms with van der Waals surface area (Å²) in [6, 6.07) is 1.57. The topological polar surface area (TPSA) is 41.1 Å². The Bertz CT molecular complexity index is 465. The highest BCUT2D eigenvalue weighted by atomic mass is 35.5. The van der Waals surface area contributed by atoms with E-state index in [4.69, 9.17) is 0 Å². The zero-order valence-electron chi connectivity index (χ0n) is 10.0. The molecule has 19 heavy (non-hydrogen) atoms. The first-order valence-electron chi connectivity index (χ1n) is 5.74. The molecule has 1 amide bonds. The van der Waals surface area contributed by atoms with Gasteiger partial charge in [-0.3, -0.25) is 4.79 Å². The maximum Gasteiger partial charge on any atom is 0.254 e. The van der Waals surface area contributed by atoms with Crippen molar-refractivity contribution in [2.45, 2.75) is 18.9 Å². The Hall–Kier alpha value is -1.27. The zero-order chi connectivity index (χ0) is 13.1. The number of halogens is 4. The molecule has 1 atom stereocenters. The maximum atomic E-state index is 13.4. The fourth-order valence-electron chi connectivity index (χ4n) is 1.94. The van der Waals surface area contributed by atoms with Crippen LogP contribution in [0.1, 0.15) is 23.2 Å². The maximum absolute atomic E-state index is 13.4. The van der Waals surface area contributed by atoms with Gasteiger partial charge in [-0.1, -0.05) is 0 Å². The molecule has 0 unspecified atom stereocenters. The van der Waals surface area contributed by atoms with Crippen LogP contribution in [0, 0.1) is 17.5 Å². The molecular weight excluding hydrogens is 281 g/mol. The molecule has 1 fully saturated rings. The van der Waals surface area contributed by atoms with Crippen molar-refractivity contribution in [1.82, 2.24) is 10.6 Å². The zero-order valence-corrected chi connectivity index (χ0v) is 10.8. The van der Waals surface area contributed by atoms with E-state index < -0.39 is 28.9 Å². The van der Waals surface area contributed by atoms with E-state index in [0.717, 1.165) is 31.5 Å². The van der Waals surface area contributed by atoms with Crippen molar-refractivity contribution in [2.24, 2.45) is 0 Å². The molecule has 1 heterocycles. The monoisotopic (exact) mass is 294 g/mol. The van der Waals surface area contributed by atoms with Gasteiger partial charge in [-0.25, -0.2) is 13.2 Å². The standard InChI is InChI=1S/C12H13F3N2O.ClH/c13-9-4-3-8(10(14)11(9)15)12(18)17-7-2-1-5-16-6-7;/h3-4,7,16H,1-2,5-6H2,(H,17,18);1H/t7-;/m0./s1. The van der Waals surface area contributed by atoms with Crippen LogP contribution in [0.2, 0.25) is 0 Å². The minimum Gasteiger partial charge on any atom is -0.348 e.